The summed E-state index contributed by atoms with van der Waals surface area (Å²) >= 11 is 5.94. The first kappa shape index (κ1) is 27.7. The van der Waals surface area contributed by atoms with Crippen molar-refractivity contribution >= 4 is 29.1 Å². The van der Waals surface area contributed by atoms with E-state index in [9.17, 15) is 9.18 Å². The second-order valence-electron chi connectivity index (χ2n) is 8.65. The van der Waals surface area contributed by atoms with E-state index in [1.807, 2.05) is 13.8 Å². The lowest BCUT2D eigenvalue weighted by Gasteiger charge is -2.17. The van der Waals surface area contributed by atoms with Gasteiger partial charge in [0.2, 0.25) is 11.7 Å². The summed E-state index contributed by atoms with van der Waals surface area (Å²) in [5.74, 6) is 1.60. The Labute approximate surface area is 230 Å². The van der Waals surface area contributed by atoms with E-state index in [0.717, 1.165) is 11.1 Å². The maximum Gasteiger partial charge on any atom is 0.253 e. The van der Waals surface area contributed by atoms with Gasteiger partial charge < -0.3 is 29.4 Å². The molecule has 2 aromatic heterocycles. The van der Waals surface area contributed by atoms with Crippen molar-refractivity contribution in [3.63, 3.8) is 0 Å². The van der Waals surface area contributed by atoms with E-state index < -0.39 is 5.82 Å². The van der Waals surface area contributed by atoms with Gasteiger partial charge in [0.25, 0.3) is 5.91 Å². The Morgan fingerprint density at radius 1 is 1.10 bits per heavy atom. The lowest BCUT2D eigenvalue weighted by molar-refractivity contribution is 0.0935. The molecule has 0 radical (unpaired) electrons. The number of anilines is 2. The number of hydrogen-bond donors (Lipinski definition) is 2. The van der Waals surface area contributed by atoms with Crippen LogP contribution in [0.25, 0.3) is 5.82 Å². The number of carbonyl (C=O) groups excluding carboxylic acids is 1. The maximum atomic E-state index is 13.6. The van der Waals surface area contributed by atoms with Crippen LogP contribution in [0.2, 0.25) is 5.02 Å². The van der Waals surface area contributed by atoms with Crippen molar-refractivity contribution in [3.05, 3.63) is 82.5 Å². The number of halogens is 2. The first-order valence-electron chi connectivity index (χ1n) is 12.1. The van der Waals surface area contributed by atoms with Crippen LogP contribution in [0.4, 0.5) is 16.0 Å². The quantitative estimate of drug-likeness (QED) is 0.248. The first-order chi connectivity index (χ1) is 18.8. The van der Waals surface area contributed by atoms with Gasteiger partial charge >= 0.3 is 0 Å². The minimum atomic E-state index is -0.502. The van der Waals surface area contributed by atoms with Crippen LogP contribution in [-0.2, 0) is 0 Å². The van der Waals surface area contributed by atoms with E-state index in [2.05, 4.69) is 20.6 Å². The van der Waals surface area contributed by atoms with Gasteiger partial charge in [-0.2, -0.15) is 4.98 Å². The highest BCUT2D eigenvalue weighted by Gasteiger charge is 2.18. The molecule has 9 nitrogen and oxygen atoms in total. The van der Waals surface area contributed by atoms with Crippen LogP contribution in [0.15, 0.2) is 55.0 Å². The molecule has 1 atom stereocenters. The fourth-order valence-electron chi connectivity index (χ4n) is 4.09. The van der Waals surface area contributed by atoms with E-state index in [1.54, 1.807) is 61.6 Å². The van der Waals surface area contributed by atoms with Crippen LogP contribution in [0.3, 0.4) is 0 Å². The Hall–Kier alpha value is -4.31. The smallest absolute Gasteiger partial charge is 0.253 e. The molecule has 4 aromatic rings. The zero-order valence-corrected chi connectivity index (χ0v) is 23.0. The highest BCUT2D eigenvalue weighted by molar-refractivity contribution is 6.30. The summed E-state index contributed by atoms with van der Waals surface area (Å²) in [6.07, 6.45) is 5.74. The van der Waals surface area contributed by atoms with Crippen molar-refractivity contribution in [2.45, 2.75) is 26.3 Å². The van der Waals surface area contributed by atoms with Crippen molar-refractivity contribution < 1.29 is 23.4 Å². The predicted molar refractivity (Wildman–Crippen MR) is 147 cm³/mol. The van der Waals surface area contributed by atoms with E-state index in [1.165, 1.54) is 19.2 Å². The number of aryl methyl sites for hydroxylation is 1. The van der Waals surface area contributed by atoms with Crippen molar-refractivity contribution in [2.24, 2.45) is 0 Å². The van der Waals surface area contributed by atoms with Crippen LogP contribution >= 0.6 is 11.6 Å². The molecule has 0 bridgehead atoms. The van der Waals surface area contributed by atoms with Gasteiger partial charge in [-0.05, 0) is 37.1 Å². The highest BCUT2D eigenvalue weighted by atomic mass is 35.5. The lowest BCUT2D eigenvalue weighted by Crippen LogP contribution is -2.28. The second kappa shape index (κ2) is 12.0. The number of carbonyl (C=O) groups is 1. The summed E-state index contributed by atoms with van der Waals surface area (Å²) in [6, 6.07) is 9.32. The number of methoxy groups -OCH3 is 3. The molecule has 39 heavy (non-hydrogen) atoms. The van der Waals surface area contributed by atoms with Crippen LogP contribution in [0.5, 0.6) is 17.2 Å². The predicted octanol–water partition coefficient (Wildman–Crippen LogP) is 6.02. The normalized spacial score (nSPS) is 11.6. The number of benzene rings is 2. The van der Waals surface area contributed by atoms with E-state index in [0.29, 0.717) is 46.7 Å². The molecule has 2 aromatic carbocycles. The Kier molecular flexibility index (Phi) is 8.55. The zero-order chi connectivity index (χ0) is 28.1. The topological polar surface area (TPSA) is 99.5 Å². The monoisotopic (exact) mass is 553 g/mol. The van der Waals surface area contributed by atoms with Gasteiger partial charge in [0.05, 0.1) is 38.0 Å². The van der Waals surface area contributed by atoms with E-state index >= 15 is 0 Å². The summed E-state index contributed by atoms with van der Waals surface area (Å²) in [7, 11) is 4.62. The molecule has 4 rings (SSSR count). The number of hydrogen-bond acceptors (Lipinski definition) is 7. The van der Waals surface area contributed by atoms with Gasteiger partial charge in [0.15, 0.2) is 11.5 Å². The molecule has 1 amide bonds. The van der Waals surface area contributed by atoms with Gasteiger partial charge in [0.1, 0.15) is 11.6 Å². The molecule has 204 valence electrons. The largest absolute Gasteiger partial charge is 0.493 e. The Balaban J connectivity index is 1.55. The highest BCUT2D eigenvalue weighted by Crippen LogP contribution is 2.40. The van der Waals surface area contributed by atoms with Crippen molar-refractivity contribution in [3.8, 4) is 23.1 Å². The van der Waals surface area contributed by atoms with Crippen molar-refractivity contribution in [2.75, 3.05) is 26.6 Å². The zero-order valence-electron chi connectivity index (χ0n) is 22.2. The summed E-state index contributed by atoms with van der Waals surface area (Å²) in [5, 5.41) is 6.17. The number of aromatic nitrogens is 3. The van der Waals surface area contributed by atoms with Crippen LogP contribution in [-0.4, -0.2) is 41.8 Å². The third-order valence-corrected chi connectivity index (χ3v) is 6.41. The summed E-state index contributed by atoms with van der Waals surface area (Å²) in [5.41, 5.74) is 2.61. The molecule has 0 aliphatic rings. The summed E-state index contributed by atoms with van der Waals surface area (Å²) in [4.78, 5) is 22.1. The number of rotatable bonds is 10. The molecular weight excluding hydrogens is 525 g/mol. The molecule has 0 aliphatic carbocycles. The Morgan fingerprint density at radius 3 is 2.44 bits per heavy atom. The minimum absolute atomic E-state index is 0.0153. The maximum absolute atomic E-state index is 13.6. The summed E-state index contributed by atoms with van der Waals surface area (Å²) < 4.78 is 31.6. The van der Waals surface area contributed by atoms with E-state index in [4.69, 9.17) is 25.8 Å². The number of nitrogens with one attached hydrogen (secondary N) is 2. The van der Waals surface area contributed by atoms with Gasteiger partial charge in [-0.1, -0.05) is 24.6 Å². The molecule has 0 unspecified atom stereocenters. The molecule has 0 spiro atoms. The standard InChI is InChI=1S/C28H29ClFN5O4/c1-6-22(17-7-8-21(30)20(29)11-17)33-27(36)18-9-10-35(15-18)26-16(2)14-31-28(34-26)32-19-12-23(37-3)25(39-5)24(13-19)38-4/h7-15,22H,6H2,1-5H3,(H,33,36)(H,31,32,34)/t22-/m1/s1. The van der Waals surface area contributed by atoms with Gasteiger partial charge in [-0.3, -0.25) is 4.79 Å². The average Bonchev–Trinajstić information content (AvgIpc) is 3.44. The van der Waals surface area contributed by atoms with Crippen molar-refractivity contribution in [1.29, 1.82) is 0 Å². The van der Waals surface area contributed by atoms with Gasteiger partial charge in [-0.15, -0.1) is 0 Å². The SMILES string of the molecule is CC[C@@H](NC(=O)c1ccn(-c2nc(Nc3cc(OC)c(OC)c(OC)c3)ncc2C)c1)c1ccc(F)c(Cl)c1. The molecule has 2 heterocycles. The van der Waals surface area contributed by atoms with Crippen LogP contribution in [0.1, 0.15) is 40.9 Å². The van der Waals surface area contributed by atoms with Crippen molar-refractivity contribution in [1.82, 2.24) is 19.9 Å². The minimum Gasteiger partial charge on any atom is -0.493 e. The number of nitrogens with zero attached hydrogens (tertiary/aromatic N) is 3. The second-order valence-corrected chi connectivity index (χ2v) is 9.06. The van der Waals surface area contributed by atoms with Gasteiger partial charge in [-0.25, -0.2) is 9.37 Å². The van der Waals surface area contributed by atoms with E-state index in [-0.39, 0.29) is 17.0 Å². The number of amides is 1. The Morgan fingerprint density at radius 2 is 1.82 bits per heavy atom. The van der Waals surface area contributed by atoms with Crippen LogP contribution < -0.4 is 24.8 Å². The molecule has 0 saturated heterocycles. The molecule has 0 saturated carbocycles. The first-order valence-corrected chi connectivity index (χ1v) is 12.5. The number of ether oxygens (including phenoxy) is 3. The molecule has 11 heteroatoms. The fraction of sp³-hybridized carbons (Fsp3) is 0.250. The third kappa shape index (κ3) is 6.06. The van der Waals surface area contributed by atoms with Crippen LogP contribution in [0, 0.1) is 12.7 Å². The lowest BCUT2D eigenvalue weighted by atomic mass is 10.0. The molecule has 0 aliphatic heterocycles. The summed E-state index contributed by atoms with van der Waals surface area (Å²) in [6.45, 7) is 3.81. The molecule has 2 N–H and O–H groups in total. The van der Waals surface area contributed by atoms with Gasteiger partial charge in [0, 0.05) is 42.0 Å². The molecule has 0 fully saturated rings. The third-order valence-electron chi connectivity index (χ3n) is 6.13. The molecular formula is C28H29ClFN5O4. The Bertz CT molecular complexity index is 1470. The average molecular weight is 554 g/mol. The fourth-order valence-corrected chi connectivity index (χ4v) is 4.28.